The number of carbonyl (C=O) groups is 8. The topological polar surface area (TPSA) is 649 Å². The molecule has 0 aliphatic carbocycles. The summed E-state index contributed by atoms with van der Waals surface area (Å²) in [6.07, 6.45) is 26.8. The molecule has 3 atom stereocenters. The number of guanidine groups is 5. The third-order valence-electron chi connectivity index (χ3n) is 16.2. The lowest BCUT2D eigenvalue weighted by molar-refractivity contribution is -0.146. The van der Waals surface area contributed by atoms with Crippen molar-refractivity contribution in [1.82, 2.24) is 42.8 Å². The Balaban J connectivity index is -0.000000215. The van der Waals surface area contributed by atoms with Crippen LogP contribution in [0.15, 0.2) is 53.5 Å². The molecule has 2 fully saturated rings. The average Bonchev–Trinajstić information content (AvgIpc) is 1.76. The number of ether oxygens (including phenoxy) is 2. The van der Waals surface area contributed by atoms with Crippen LogP contribution in [-0.4, -0.2) is 170 Å². The Labute approximate surface area is 797 Å². The summed E-state index contributed by atoms with van der Waals surface area (Å²) in [6, 6.07) is -1.51. The van der Waals surface area contributed by atoms with Crippen molar-refractivity contribution in [3.05, 3.63) is 23.3 Å². The highest BCUT2D eigenvalue weighted by atomic mass is 32.2. The summed E-state index contributed by atoms with van der Waals surface area (Å²) < 4.78 is 9.71. The molecule has 131 heavy (non-hydrogen) atoms. The van der Waals surface area contributed by atoms with Crippen molar-refractivity contribution in [1.29, 1.82) is 21.5 Å². The van der Waals surface area contributed by atoms with Crippen molar-refractivity contribution < 1.29 is 52.9 Å². The SMILES string of the molecule is CC(C)(C)/C=C1/SC(=O)NC1=O.CC(C)(C)C(=O)N[C@@H](CCCCC(=N)N)C(=O)O.CC(C)(C)CC/C=N/NC(=N)N.CC(C)(C)CC1SC(=O)NC1=O.CC(C)(C)CCCN=C(N)N.CC(C)(C)CCCN=C(N)NC#N.CCO/C=C/C(C)(C)C.CN=C(N)N/N=C/CCC(C)(C)C.CN=C(N)NCCCC(C)(C)C.COC(=O)[C@H](CCCCC(=N)N)NC(=O)C(C)(C)C. The van der Waals surface area contributed by atoms with Crippen molar-refractivity contribution in [3.8, 4) is 6.19 Å². The van der Waals surface area contributed by atoms with E-state index in [4.69, 9.17) is 77.2 Å². The molecule has 0 aromatic carbocycles. The molecule has 1 unspecified atom stereocenters. The summed E-state index contributed by atoms with van der Waals surface area (Å²) in [5.41, 5.74) is 47.9. The number of hydrogen-bond acceptors (Lipinski definition) is 22. The van der Waals surface area contributed by atoms with Crippen molar-refractivity contribution in [3.63, 3.8) is 0 Å². The van der Waals surface area contributed by atoms with Crippen molar-refractivity contribution in [2.45, 2.75) is 354 Å². The number of methoxy groups -OCH3 is 1. The maximum Gasteiger partial charge on any atom is 0.328 e. The van der Waals surface area contributed by atoms with E-state index < -0.39 is 34.9 Å². The first-order chi connectivity index (χ1) is 59.3. The number of imide groups is 2. The fourth-order valence-electron chi connectivity index (χ4n) is 9.01. The largest absolute Gasteiger partial charge is 0.502 e. The van der Waals surface area contributed by atoms with Gasteiger partial charge in [-0.2, -0.15) is 15.5 Å². The lowest BCUT2D eigenvalue weighted by Crippen LogP contribution is -2.46. The molecule has 2 rings (SSSR count). The van der Waals surface area contributed by atoms with E-state index in [9.17, 15) is 38.4 Å². The van der Waals surface area contributed by atoms with Crippen LogP contribution in [0.25, 0.3) is 0 Å². The number of nitrogens with zero attached hydrogens (tertiary/aromatic N) is 7. The fraction of sp³-hybridized carbons (Fsp3) is 0.761. The van der Waals surface area contributed by atoms with E-state index in [2.05, 4.69) is 229 Å². The van der Waals surface area contributed by atoms with Crippen molar-refractivity contribution >= 4 is 123 Å². The fourth-order valence-corrected chi connectivity index (χ4v) is 11.1. The number of nitrogens with two attached hydrogens (primary N) is 8. The van der Waals surface area contributed by atoms with E-state index >= 15 is 0 Å². The number of aliphatic imine (C=N–C) groups is 4. The van der Waals surface area contributed by atoms with E-state index in [1.54, 1.807) is 80.4 Å². The molecular formula is C92H184N26O11S2. The first kappa shape index (κ1) is 137. The van der Waals surface area contributed by atoms with Crippen LogP contribution >= 0.6 is 23.5 Å². The summed E-state index contributed by atoms with van der Waals surface area (Å²) >= 11 is 2.06. The number of unbranched alkanes of at least 4 members (excludes halogenated alkanes) is 2. The number of hydrazone groups is 2. The number of rotatable bonds is 32. The number of carboxylic acid groups (broad SMARTS) is 1. The average molecular weight is 1890 g/mol. The molecule has 37 nitrogen and oxygen atoms in total. The summed E-state index contributed by atoms with van der Waals surface area (Å²) in [4.78, 5) is 106. The quantitative estimate of drug-likeness (QED) is 0.00342. The van der Waals surface area contributed by atoms with Gasteiger partial charge in [0.25, 0.3) is 16.4 Å². The number of amidine groups is 2. The van der Waals surface area contributed by atoms with Gasteiger partial charge in [0.2, 0.25) is 35.6 Å². The summed E-state index contributed by atoms with van der Waals surface area (Å²) in [7, 11) is 4.60. The third-order valence-corrected chi connectivity index (χ3v) is 17.9. The molecule has 2 saturated heterocycles. The van der Waals surface area contributed by atoms with E-state index in [0.29, 0.717) is 102 Å². The third kappa shape index (κ3) is 111. The minimum absolute atomic E-state index is 0.0652. The summed E-state index contributed by atoms with van der Waals surface area (Å²) in [5, 5.41) is 60.2. The van der Waals surface area contributed by atoms with E-state index in [1.165, 1.54) is 13.5 Å². The molecule has 0 radical (unpaired) electrons. The molecule has 0 spiro atoms. The molecular weight excluding hydrogens is 1710 g/mol. The molecule has 6 amide bonds. The first-order valence-electron chi connectivity index (χ1n) is 44.6. The predicted octanol–water partition coefficient (Wildman–Crippen LogP) is 14.8. The van der Waals surface area contributed by atoms with E-state index in [1.807, 2.05) is 33.9 Å². The maximum absolute atomic E-state index is 11.9. The molecule has 2 aliphatic heterocycles. The monoisotopic (exact) mass is 1890 g/mol. The van der Waals surface area contributed by atoms with Gasteiger partial charge in [-0.15, -0.1) is 0 Å². The summed E-state index contributed by atoms with van der Waals surface area (Å²) in [6.45, 7) is 67.3. The first-order valence-corrected chi connectivity index (χ1v) is 46.3. The van der Waals surface area contributed by atoms with Crippen molar-refractivity contribution in [2.24, 2.45) is 130 Å². The number of thioether (sulfide) groups is 2. The van der Waals surface area contributed by atoms with Crippen LogP contribution in [0.1, 0.15) is 337 Å². The molecule has 39 heteroatoms. The zero-order valence-corrected chi connectivity index (χ0v) is 88.6. The number of hydrogen-bond donors (Lipinski definition) is 20. The predicted molar refractivity (Wildman–Crippen MR) is 549 cm³/mol. The van der Waals surface area contributed by atoms with Gasteiger partial charge in [-0.3, -0.25) is 80.9 Å². The van der Waals surface area contributed by atoms with Crippen LogP contribution in [0.4, 0.5) is 9.59 Å². The minimum atomic E-state index is -1.03. The number of nitriles is 1. The van der Waals surface area contributed by atoms with Crippen molar-refractivity contribution in [2.75, 3.05) is 47.4 Å². The van der Waals surface area contributed by atoms with E-state index in [-0.39, 0.29) is 85.2 Å². The number of amides is 6. The van der Waals surface area contributed by atoms with Gasteiger partial charge < -0.3 is 76.4 Å². The zero-order valence-electron chi connectivity index (χ0n) is 87.0. The molecule has 2 heterocycles. The second kappa shape index (κ2) is 71.9. The Bertz CT molecular complexity index is 3590. The molecule has 0 saturated carbocycles. The second-order valence-corrected chi connectivity index (χ2v) is 44.5. The number of carbonyl (C=O) groups excluding carboxylic acids is 7. The highest BCUT2D eigenvalue weighted by molar-refractivity contribution is 8.18. The second-order valence-electron chi connectivity index (χ2n) is 42.4. The van der Waals surface area contributed by atoms with E-state index in [0.717, 1.165) is 107 Å². The standard InChI is InChI=1S/C13H25N3O3.C12H23N3O3.C9H20N4.C9H18N4.C9H21N3.C8H18N4.C8H19N3.C8H13NO2S.C8H11NO2S.C8H16O/c1-13(2,3)12(18)16-9(11(17)19-4)7-5-6-8-10(14)15;1-12(2,3)11(18)15-8(10(16)17)6-4-5-7-9(13)14;1-9(2,3)6-5-7-12-13-8(10)11-4;1-9(2,3)5-4-6-12-8(11)13-7-10;1-9(2,3)6-5-7-12-8(10)11-4;1-8(2,3)5-4-6-11-12-7(9)10;1-8(2,3)5-4-6-11-7(9)10;2*1-8(2,3)4-5-6(10)9-7(11)12-5;1-5-9-7-6-8(2,3)4/h9H,5-8H2,1-4H3,(H3,14,15)(H,16,18);8H,4-7H2,1-3H3,(H3,13,14)(H,15,18)(H,16,17);7H,5-6H2,1-4H3,(H3,10,11,13);4-6H2,1-3H3,(H3,11,12,13);5-7H2,1-4H3,(H3,10,11,12);6H,4-5H2,1-3H3,(H4,9,10,12);4-6H2,1-3H3,(H4,9,10,11);5H,4H2,1-3H3,(H,9,10,11);4H,1-3H3,(H,9,10,11);6-7H,5H2,1-4H3/b;;12-7+;;;11-6+;;;5-4+;7-6+/t9-;8-;;;;;;;;/m00......../s1. The Morgan fingerprint density at radius 2 is 0.962 bits per heavy atom. The number of allylic oxidation sites excluding steroid dienone is 2. The van der Waals surface area contributed by atoms with Gasteiger partial charge in [-0.1, -0.05) is 238 Å². The number of carboxylic acids is 1. The van der Waals surface area contributed by atoms with Crippen LogP contribution in [0, 0.1) is 81.8 Å². The van der Waals surface area contributed by atoms with Gasteiger partial charge in [0, 0.05) is 69.8 Å². The van der Waals surface area contributed by atoms with Gasteiger partial charge in [-0.25, -0.2) is 20.4 Å². The molecule has 2 aliphatic rings. The Morgan fingerprint density at radius 3 is 1.29 bits per heavy atom. The van der Waals surface area contributed by atoms with Gasteiger partial charge in [0.1, 0.15) is 12.1 Å². The van der Waals surface area contributed by atoms with Gasteiger partial charge in [0.15, 0.2) is 18.1 Å². The summed E-state index contributed by atoms with van der Waals surface area (Å²) in [5.74, 6) is -0.978. The Morgan fingerprint density at radius 1 is 0.542 bits per heavy atom. The molecule has 0 aromatic rings. The number of aliphatic carboxylic acids is 1. The lowest BCUT2D eigenvalue weighted by Gasteiger charge is -2.22. The van der Waals surface area contributed by atoms with Crippen LogP contribution in [-0.2, 0) is 38.2 Å². The molecule has 28 N–H and O–H groups in total. The maximum atomic E-state index is 11.9. The van der Waals surface area contributed by atoms with Crippen LogP contribution in [0.2, 0.25) is 0 Å². The van der Waals surface area contributed by atoms with Crippen LogP contribution < -0.4 is 88.6 Å². The normalized spacial score (nSPS) is 14.5. The molecule has 0 bridgehead atoms. The smallest absolute Gasteiger partial charge is 0.328 e. The molecule has 0 aromatic heterocycles. The highest BCUT2D eigenvalue weighted by Crippen LogP contribution is 2.32. The van der Waals surface area contributed by atoms with Crippen LogP contribution in [0.5, 0.6) is 0 Å². The lowest BCUT2D eigenvalue weighted by atomic mass is 9.90. The number of esters is 1. The van der Waals surface area contributed by atoms with Gasteiger partial charge in [0.05, 0.1) is 41.8 Å². The minimum Gasteiger partial charge on any atom is -0.502 e. The Hall–Kier alpha value is -9.74. The number of nitrogens with one attached hydrogen (secondary N) is 11. The Kier molecular flexibility index (Phi) is 75.0. The van der Waals surface area contributed by atoms with Crippen LogP contribution in [0.3, 0.4) is 0 Å². The van der Waals surface area contributed by atoms with Gasteiger partial charge >= 0.3 is 11.9 Å². The zero-order chi connectivity index (χ0) is 104. The molecule has 760 valence electrons. The highest BCUT2D eigenvalue weighted by Gasteiger charge is 2.35. The van der Waals surface area contributed by atoms with Gasteiger partial charge in [-0.05, 0) is 164 Å².